The van der Waals surface area contributed by atoms with Gasteiger partial charge in [-0.15, -0.1) is 25.7 Å². The Morgan fingerprint density at radius 2 is 1.70 bits per heavy atom. The second-order valence-electron chi connectivity index (χ2n) is 12.9. The summed E-state index contributed by atoms with van der Waals surface area (Å²) in [5.41, 5.74) is 2.73. The first-order valence-electron chi connectivity index (χ1n) is 15.8. The zero-order valence-electron chi connectivity index (χ0n) is 27.6. The van der Waals surface area contributed by atoms with Crippen molar-refractivity contribution in [1.82, 2.24) is 24.5 Å². The van der Waals surface area contributed by atoms with Crippen LogP contribution in [0.2, 0.25) is 25.7 Å². The average Bonchev–Trinajstić information content (AvgIpc) is 3.45. The maximum atomic E-state index is 14.5. The molecule has 0 aliphatic rings. The molecule has 0 spiro atoms. The van der Waals surface area contributed by atoms with E-state index >= 15 is 0 Å². The van der Waals surface area contributed by atoms with Gasteiger partial charge in [0.15, 0.2) is 11.4 Å². The first-order valence-corrected chi connectivity index (χ1v) is 19.9. The number of aromatic nitrogens is 4. The summed E-state index contributed by atoms with van der Waals surface area (Å²) in [5.74, 6) is -0.521. The van der Waals surface area contributed by atoms with Gasteiger partial charge < -0.3 is 14.4 Å². The summed E-state index contributed by atoms with van der Waals surface area (Å²) in [6.07, 6.45) is 3.29. The number of rotatable bonds is 14. The van der Waals surface area contributed by atoms with Gasteiger partial charge in [-0.25, -0.2) is 4.68 Å². The van der Waals surface area contributed by atoms with Crippen LogP contribution in [0.4, 0.5) is 0 Å². The fourth-order valence-electron chi connectivity index (χ4n) is 5.30. The van der Waals surface area contributed by atoms with Crippen LogP contribution in [0.5, 0.6) is 5.75 Å². The monoisotopic (exact) mass is 671 g/mol. The van der Waals surface area contributed by atoms with Gasteiger partial charge in [-0.3, -0.25) is 14.3 Å². The van der Waals surface area contributed by atoms with E-state index in [9.17, 15) is 9.59 Å². The van der Waals surface area contributed by atoms with E-state index in [1.807, 2.05) is 92.8 Å². The molecule has 47 heavy (non-hydrogen) atoms. The molecule has 247 valence electrons. The summed E-state index contributed by atoms with van der Waals surface area (Å²) >= 11 is 7.12. The predicted molar refractivity (Wildman–Crippen MR) is 189 cm³/mol. The minimum Gasteiger partial charge on any atom is -0.483 e. The number of carbonyl (C=O) groups excluding carboxylic acids is 1. The zero-order valence-corrected chi connectivity index (χ0v) is 29.4. The highest BCUT2D eigenvalue weighted by molar-refractivity contribution is 6.76. The number of nitrogens with zero attached hydrogens (tertiary/aromatic N) is 5. The van der Waals surface area contributed by atoms with Gasteiger partial charge in [0.1, 0.15) is 13.3 Å². The van der Waals surface area contributed by atoms with E-state index in [-0.39, 0.29) is 31.3 Å². The average molecular weight is 672 g/mol. The van der Waals surface area contributed by atoms with Crippen LogP contribution in [0.15, 0.2) is 96.1 Å². The lowest BCUT2D eigenvalue weighted by atomic mass is 10.0. The van der Waals surface area contributed by atoms with Crippen LogP contribution in [0.1, 0.15) is 45.5 Å². The van der Waals surface area contributed by atoms with Crippen molar-refractivity contribution < 1.29 is 14.3 Å². The number of ether oxygens (including phenoxy) is 2. The zero-order chi connectivity index (χ0) is 33.6. The minimum atomic E-state index is -1.32. The second-order valence-corrected chi connectivity index (χ2v) is 19.0. The Labute approximate surface area is 281 Å². The van der Waals surface area contributed by atoms with E-state index in [1.165, 1.54) is 10.9 Å². The highest BCUT2D eigenvalue weighted by Gasteiger charge is 2.30. The van der Waals surface area contributed by atoms with Crippen molar-refractivity contribution in [1.29, 1.82) is 0 Å². The lowest BCUT2D eigenvalue weighted by Gasteiger charge is -2.31. The standard InChI is InChI=1S/C36H42ClN5O4Si/c1-26(28-15-10-7-11-16-28)42(22-31(37)29-17-12-18-32-30(29)21-38-40(32)2)36(44)34-35(43)33(46-24-27-13-8-6-9-14-27)23-41(39-34)25-45-19-20-47(3,4)5/h6-18,21,23,26,31H,19-20,22,24-25H2,1-5H3/q-1/t26-,31?/m0/s1. The van der Waals surface area contributed by atoms with Crippen LogP contribution in [-0.2, 0) is 25.1 Å². The van der Waals surface area contributed by atoms with Gasteiger partial charge in [0.2, 0.25) is 0 Å². The smallest absolute Gasteiger partial charge is 0.279 e. The Balaban J connectivity index is 1.51. The summed E-state index contributed by atoms with van der Waals surface area (Å²) in [5, 5.41) is 9.22. The SMILES string of the molecule is C[C@@H](c1ccccc1)N(CC(Cl)c1cccc2c1cnn2C)C(=O)c1nn(COCC[Si-](C)(C)C)cc(OCc2ccccc2)c1=O. The van der Waals surface area contributed by atoms with Crippen molar-refractivity contribution in [2.24, 2.45) is 7.05 Å². The maximum Gasteiger partial charge on any atom is 0.279 e. The van der Waals surface area contributed by atoms with E-state index in [0.29, 0.717) is 6.61 Å². The molecule has 0 aliphatic carbocycles. The lowest BCUT2D eigenvalue weighted by molar-refractivity contribution is 0.0646. The number of carbonyl (C=O) groups is 1. The van der Waals surface area contributed by atoms with Crippen molar-refractivity contribution in [3.63, 3.8) is 0 Å². The fraction of sp³-hybridized carbons (Fsp3) is 0.333. The highest BCUT2D eigenvalue weighted by Crippen LogP contribution is 2.32. The summed E-state index contributed by atoms with van der Waals surface area (Å²) in [4.78, 5) is 30.1. The number of halogens is 1. The molecule has 11 heteroatoms. The summed E-state index contributed by atoms with van der Waals surface area (Å²) in [6.45, 7) is 9.67. The lowest BCUT2D eigenvalue weighted by Crippen LogP contribution is -2.40. The highest BCUT2D eigenvalue weighted by atomic mass is 35.5. The van der Waals surface area contributed by atoms with Gasteiger partial charge in [0.25, 0.3) is 11.3 Å². The Bertz CT molecular complexity index is 1860. The van der Waals surface area contributed by atoms with Crippen LogP contribution in [-0.4, -0.2) is 51.6 Å². The van der Waals surface area contributed by atoms with Gasteiger partial charge in [-0.05, 0) is 29.7 Å². The normalized spacial score (nSPS) is 13.0. The van der Waals surface area contributed by atoms with Gasteiger partial charge in [0.05, 0.1) is 29.3 Å². The molecule has 0 fully saturated rings. The van der Waals surface area contributed by atoms with Gasteiger partial charge >= 0.3 is 0 Å². The molecule has 0 saturated heterocycles. The molecule has 9 nitrogen and oxygen atoms in total. The van der Waals surface area contributed by atoms with E-state index < -0.39 is 30.8 Å². The molecule has 0 saturated carbocycles. The largest absolute Gasteiger partial charge is 0.483 e. The number of benzene rings is 3. The Morgan fingerprint density at radius 3 is 2.40 bits per heavy atom. The van der Waals surface area contributed by atoms with Crippen LogP contribution in [0, 0.1) is 0 Å². The number of hydrogen-bond acceptors (Lipinski definition) is 6. The molecule has 0 aliphatic heterocycles. The molecule has 2 aromatic heterocycles. The maximum absolute atomic E-state index is 14.5. The summed E-state index contributed by atoms with van der Waals surface area (Å²) in [7, 11) is 0.554. The molecule has 1 amide bonds. The first-order chi connectivity index (χ1) is 22.5. The fourth-order valence-corrected chi connectivity index (χ4v) is 6.40. The summed E-state index contributed by atoms with van der Waals surface area (Å²) < 4.78 is 15.2. The summed E-state index contributed by atoms with van der Waals surface area (Å²) in [6, 6.07) is 25.6. The molecule has 5 aromatic rings. The predicted octanol–water partition coefficient (Wildman–Crippen LogP) is 7.20. The molecular weight excluding hydrogens is 630 g/mol. The molecule has 5 rings (SSSR count). The topological polar surface area (TPSA) is 91.5 Å². The van der Waals surface area contributed by atoms with Crippen LogP contribution >= 0.6 is 11.6 Å². The number of amides is 1. The molecular formula is C36H42ClN5O4Si-. The molecule has 0 radical (unpaired) electrons. The number of hydrogen-bond donors (Lipinski definition) is 0. The van der Waals surface area contributed by atoms with Gasteiger partial charge in [0, 0.05) is 25.6 Å². The molecule has 3 aromatic carbocycles. The third kappa shape index (κ3) is 8.57. The van der Waals surface area contributed by atoms with Gasteiger partial charge in [-0.2, -0.15) is 29.8 Å². The van der Waals surface area contributed by atoms with Crippen molar-refractivity contribution in [2.75, 3.05) is 13.2 Å². The number of fused-ring (bicyclic) bond motifs is 1. The molecule has 1 unspecified atom stereocenters. The molecule has 0 N–H and O–H groups in total. The van der Waals surface area contributed by atoms with E-state index in [0.717, 1.165) is 33.6 Å². The molecule has 2 atom stereocenters. The quantitative estimate of drug-likeness (QED) is 0.0704. The number of alkyl halides is 1. The number of aryl methyl sites for hydroxylation is 1. The van der Waals surface area contributed by atoms with Crippen molar-refractivity contribution in [3.05, 3.63) is 124 Å². The Kier molecular flexibility index (Phi) is 11.0. The van der Waals surface area contributed by atoms with Crippen molar-refractivity contribution in [3.8, 4) is 5.75 Å². The van der Waals surface area contributed by atoms with Crippen molar-refractivity contribution >= 4 is 36.5 Å². The second kappa shape index (κ2) is 15.1. The van der Waals surface area contributed by atoms with E-state index in [4.69, 9.17) is 21.1 Å². The first kappa shape index (κ1) is 34.1. The van der Waals surface area contributed by atoms with Gasteiger partial charge in [-0.1, -0.05) is 72.8 Å². The van der Waals surface area contributed by atoms with Crippen LogP contribution in [0.25, 0.3) is 10.9 Å². The van der Waals surface area contributed by atoms with E-state index in [1.54, 1.807) is 15.8 Å². The van der Waals surface area contributed by atoms with Crippen LogP contribution in [0.3, 0.4) is 0 Å². The third-order valence-electron chi connectivity index (χ3n) is 8.12. The Hall–Kier alpha value is -4.25. The third-order valence-corrected chi connectivity index (χ3v) is 10.2. The molecule has 2 heterocycles. The van der Waals surface area contributed by atoms with Crippen molar-refractivity contribution in [2.45, 2.75) is 57.4 Å². The van der Waals surface area contributed by atoms with Crippen LogP contribution < -0.4 is 10.2 Å². The van der Waals surface area contributed by atoms with E-state index in [2.05, 4.69) is 29.8 Å². The Morgan fingerprint density at radius 1 is 1.00 bits per heavy atom. The molecule has 0 bridgehead atoms. The minimum absolute atomic E-state index is 0.0239.